The van der Waals surface area contributed by atoms with Crippen molar-refractivity contribution in [1.82, 2.24) is 4.90 Å². The Hall–Kier alpha value is -3.19. The minimum absolute atomic E-state index is 0.117. The molecule has 1 heterocycles. The van der Waals surface area contributed by atoms with Gasteiger partial charge in [-0.25, -0.2) is 0 Å². The van der Waals surface area contributed by atoms with Gasteiger partial charge in [-0.15, -0.1) is 0 Å². The molecule has 0 radical (unpaired) electrons. The van der Waals surface area contributed by atoms with Crippen molar-refractivity contribution >= 4 is 46.6 Å². The Labute approximate surface area is 160 Å². The number of likely N-dealkylation sites (tertiary alicyclic amines) is 1. The number of nitrogens with one attached hydrogen (secondary N) is 2. The van der Waals surface area contributed by atoms with Gasteiger partial charge in [0.15, 0.2) is 0 Å². The molecule has 2 aromatic carbocycles. The van der Waals surface area contributed by atoms with E-state index in [0.29, 0.717) is 10.7 Å². The number of imide groups is 1. The first-order chi connectivity index (χ1) is 12.9. The van der Waals surface area contributed by atoms with Crippen molar-refractivity contribution in [1.29, 1.82) is 0 Å². The van der Waals surface area contributed by atoms with E-state index in [1.807, 2.05) is 0 Å². The van der Waals surface area contributed by atoms with Crippen LogP contribution in [-0.2, 0) is 14.4 Å². The largest absolute Gasteiger partial charge is 0.324 e. The molecule has 0 unspecified atom stereocenters. The highest BCUT2D eigenvalue weighted by Crippen LogP contribution is 2.19. The van der Waals surface area contributed by atoms with Crippen LogP contribution in [-0.4, -0.2) is 35.1 Å². The molecule has 2 N–H and O–H groups in total. The predicted octanol–water partition coefficient (Wildman–Crippen LogP) is 2.68. The van der Waals surface area contributed by atoms with Crippen LogP contribution in [0.2, 0.25) is 5.02 Å². The van der Waals surface area contributed by atoms with Gasteiger partial charge in [-0.1, -0.05) is 23.7 Å². The Morgan fingerprint density at radius 3 is 2.22 bits per heavy atom. The van der Waals surface area contributed by atoms with Crippen molar-refractivity contribution in [3.63, 3.8) is 0 Å². The quantitative estimate of drug-likeness (QED) is 0.773. The highest BCUT2D eigenvalue weighted by Gasteiger charge is 2.30. The first-order valence-corrected chi connectivity index (χ1v) is 8.61. The van der Waals surface area contributed by atoms with Crippen molar-refractivity contribution < 1.29 is 19.2 Å². The third-order valence-electron chi connectivity index (χ3n) is 4.00. The number of hydrogen-bond acceptors (Lipinski definition) is 4. The molecule has 4 amide bonds. The van der Waals surface area contributed by atoms with E-state index in [-0.39, 0.29) is 42.5 Å². The maximum Gasteiger partial charge on any atom is 0.257 e. The molecule has 27 heavy (non-hydrogen) atoms. The molecule has 3 rings (SSSR count). The van der Waals surface area contributed by atoms with Crippen molar-refractivity contribution in [2.75, 3.05) is 17.2 Å². The van der Waals surface area contributed by atoms with Crippen molar-refractivity contribution in [2.45, 2.75) is 12.8 Å². The summed E-state index contributed by atoms with van der Waals surface area (Å²) in [4.78, 5) is 48.9. The van der Waals surface area contributed by atoms with Gasteiger partial charge in [0.05, 0.1) is 11.3 Å². The van der Waals surface area contributed by atoms with Crippen molar-refractivity contribution in [3.8, 4) is 0 Å². The molecule has 1 saturated heterocycles. The second-order valence-electron chi connectivity index (χ2n) is 5.93. The Bertz CT molecular complexity index is 895. The van der Waals surface area contributed by atoms with E-state index in [2.05, 4.69) is 10.6 Å². The van der Waals surface area contributed by atoms with Crippen LogP contribution < -0.4 is 10.6 Å². The number of amides is 4. The van der Waals surface area contributed by atoms with E-state index in [4.69, 9.17) is 11.6 Å². The molecule has 0 aromatic heterocycles. The lowest BCUT2D eigenvalue weighted by Crippen LogP contribution is -2.37. The normalized spacial score (nSPS) is 13.6. The number of carbonyl (C=O) groups is 4. The van der Waals surface area contributed by atoms with Gasteiger partial charge in [0.25, 0.3) is 5.91 Å². The molecule has 0 spiro atoms. The van der Waals surface area contributed by atoms with Crippen LogP contribution in [0.1, 0.15) is 23.2 Å². The van der Waals surface area contributed by atoms with E-state index in [1.54, 1.807) is 48.5 Å². The zero-order valence-corrected chi connectivity index (χ0v) is 15.0. The first-order valence-electron chi connectivity index (χ1n) is 8.23. The summed E-state index contributed by atoms with van der Waals surface area (Å²) >= 11 is 5.83. The number of anilines is 2. The number of benzene rings is 2. The fourth-order valence-corrected chi connectivity index (χ4v) is 2.78. The highest BCUT2D eigenvalue weighted by molar-refractivity contribution is 6.30. The fraction of sp³-hybridized carbons (Fsp3) is 0.158. The zero-order valence-electron chi connectivity index (χ0n) is 14.2. The molecule has 0 bridgehead atoms. The SMILES string of the molecule is O=C(CN1C(=O)CCC1=O)Nc1ccccc1C(=O)Nc1ccc(Cl)cc1. The summed E-state index contributed by atoms with van der Waals surface area (Å²) in [5.41, 5.74) is 1.09. The standard InChI is InChI=1S/C19H16ClN3O4/c20-12-5-7-13(8-6-12)21-19(27)14-3-1-2-4-15(14)22-16(24)11-23-17(25)9-10-18(23)26/h1-8H,9-11H2,(H,21,27)(H,22,24). The second-order valence-corrected chi connectivity index (χ2v) is 6.36. The smallest absolute Gasteiger partial charge is 0.257 e. The minimum atomic E-state index is -0.551. The van der Waals surface area contributed by atoms with Gasteiger partial charge < -0.3 is 10.6 Å². The molecule has 2 aromatic rings. The number of carbonyl (C=O) groups excluding carboxylic acids is 4. The van der Waals surface area contributed by atoms with Crippen LogP contribution in [0, 0.1) is 0 Å². The summed E-state index contributed by atoms with van der Waals surface area (Å²) in [6.45, 7) is -0.370. The molecular formula is C19H16ClN3O4. The molecule has 1 fully saturated rings. The van der Waals surface area contributed by atoms with Gasteiger partial charge >= 0.3 is 0 Å². The lowest BCUT2D eigenvalue weighted by Gasteiger charge is -2.15. The topological polar surface area (TPSA) is 95.6 Å². The van der Waals surface area contributed by atoms with Gasteiger partial charge in [-0.2, -0.15) is 0 Å². The molecule has 1 aliphatic heterocycles. The molecular weight excluding hydrogens is 370 g/mol. The van der Waals surface area contributed by atoms with Crippen molar-refractivity contribution in [3.05, 3.63) is 59.1 Å². The molecule has 138 valence electrons. The van der Waals surface area contributed by atoms with Crippen LogP contribution >= 0.6 is 11.6 Å². The van der Waals surface area contributed by atoms with Gasteiger partial charge in [0.2, 0.25) is 17.7 Å². The molecule has 0 atom stereocenters. The van der Waals surface area contributed by atoms with E-state index in [9.17, 15) is 19.2 Å². The summed E-state index contributed by atoms with van der Waals surface area (Å²) in [5, 5.41) is 5.85. The molecule has 7 nitrogen and oxygen atoms in total. The maximum atomic E-state index is 12.5. The van der Waals surface area contributed by atoms with Crippen LogP contribution in [0.5, 0.6) is 0 Å². The Kier molecular flexibility index (Phi) is 5.52. The van der Waals surface area contributed by atoms with Crippen LogP contribution in [0.15, 0.2) is 48.5 Å². The third kappa shape index (κ3) is 4.51. The van der Waals surface area contributed by atoms with Crippen LogP contribution in [0.25, 0.3) is 0 Å². The Morgan fingerprint density at radius 1 is 0.926 bits per heavy atom. The summed E-state index contributed by atoms with van der Waals surface area (Å²) in [6.07, 6.45) is 0.235. The highest BCUT2D eigenvalue weighted by atomic mass is 35.5. The van der Waals surface area contributed by atoms with Gasteiger partial charge in [-0.3, -0.25) is 24.1 Å². The number of hydrogen-bond donors (Lipinski definition) is 2. The Morgan fingerprint density at radius 2 is 1.56 bits per heavy atom. The molecule has 1 aliphatic rings. The Balaban J connectivity index is 1.70. The molecule has 0 aliphatic carbocycles. The van der Waals surface area contributed by atoms with Crippen LogP contribution in [0.3, 0.4) is 0 Å². The number of halogens is 1. The third-order valence-corrected chi connectivity index (χ3v) is 4.26. The maximum absolute atomic E-state index is 12.5. The number of nitrogens with zero attached hydrogens (tertiary/aromatic N) is 1. The fourth-order valence-electron chi connectivity index (χ4n) is 2.65. The summed E-state index contributed by atoms with van der Waals surface area (Å²) in [6, 6.07) is 13.1. The number of para-hydroxylation sites is 1. The summed E-state index contributed by atoms with van der Waals surface area (Å²) in [7, 11) is 0. The second kappa shape index (κ2) is 8.01. The van der Waals surface area contributed by atoms with Gasteiger partial charge in [-0.05, 0) is 36.4 Å². The monoisotopic (exact) mass is 385 g/mol. The average Bonchev–Trinajstić information content (AvgIpc) is 2.96. The summed E-state index contributed by atoms with van der Waals surface area (Å²) < 4.78 is 0. The van der Waals surface area contributed by atoms with E-state index < -0.39 is 11.8 Å². The van der Waals surface area contributed by atoms with E-state index in [1.165, 1.54) is 0 Å². The van der Waals surface area contributed by atoms with E-state index >= 15 is 0 Å². The first kappa shape index (κ1) is 18.6. The molecule has 0 saturated carbocycles. The molecule has 8 heteroatoms. The van der Waals surface area contributed by atoms with Gasteiger partial charge in [0.1, 0.15) is 6.54 Å². The zero-order chi connectivity index (χ0) is 19.4. The lowest BCUT2D eigenvalue weighted by atomic mass is 10.1. The number of rotatable bonds is 5. The van der Waals surface area contributed by atoms with Crippen LogP contribution in [0.4, 0.5) is 11.4 Å². The van der Waals surface area contributed by atoms with Crippen molar-refractivity contribution in [2.24, 2.45) is 0 Å². The predicted molar refractivity (Wildman–Crippen MR) is 100 cm³/mol. The average molecular weight is 386 g/mol. The minimum Gasteiger partial charge on any atom is -0.324 e. The summed E-state index contributed by atoms with van der Waals surface area (Å²) in [5.74, 6) is -1.71. The lowest BCUT2D eigenvalue weighted by molar-refractivity contribution is -0.141. The van der Waals surface area contributed by atoms with Gasteiger partial charge in [0, 0.05) is 23.6 Å². The van der Waals surface area contributed by atoms with E-state index in [0.717, 1.165) is 4.90 Å².